The molecule has 4 rings (SSSR count). The first-order valence-corrected chi connectivity index (χ1v) is 10.5. The number of carbonyl (C=O) groups is 2. The van der Waals surface area contributed by atoms with Crippen molar-refractivity contribution in [2.24, 2.45) is 5.92 Å². The lowest BCUT2D eigenvalue weighted by Gasteiger charge is -2.36. The summed E-state index contributed by atoms with van der Waals surface area (Å²) in [6.45, 7) is 3.05. The van der Waals surface area contributed by atoms with E-state index in [4.69, 9.17) is 4.52 Å². The van der Waals surface area contributed by atoms with Gasteiger partial charge in [-0.3, -0.25) is 14.6 Å². The Morgan fingerprint density at radius 3 is 2.45 bits per heavy atom. The van der Waals surface area contributed by atoms with Gasteiger partial charge >= 0.3 is 0 Å². The fourth-order valence-corrected chi connectivity index (χ4v) is 4.21. The molecule has 1 aromatic carbocycles. The molecule has 1 saturated heterocycles. The minimum Gasteiger partial charge on any atom is -0.351 e. The Balaban J connectivity index is 1.50. The van der Waals surface area contributed by atoms with Gasteiger partial charge in [0.15, 0.2) is 0 Å². The van der Waals surface area contributed by atoms with Gasteiger partial charge < -0.3 is 14.3 Å². The van der Waals surface area contributed by atoms with Crippen LogP contribution >= 0.6 is 0 Å². The number of piperidine rings is 1. The summed E-state index contributed by atoms with van der Waals surface area (Å²) < 4.78 is 4.98. The van der Waals surface area contributed by atoms with Crippen molar-refractivity contribution in [3.8, 4) is 0 Å². The summed E-state index contributed by atoms with van der Waals surface area (Å²) in [7, 11) is 1.85. The third kappa shape index (κ3) is 4.35. The van der Waals surface area contributed by atoms with Crippen LogP contribution in [0, 0.1) is 12.8 Å². The highest BCUT2D eigenvalue weighted by Gasteiger charge is 2.34. The van der Waals surface area contributed by atoms with Crippen molar-refractivity contribution in [3.05, 3.63) is 83.5 Å². The first-order valence-electron chi connectivity index (χ1n) is 10.5. The lowest BCUT2D eigenvalue weighted by molar-refractivity contribution is -0.137. The number of pyridine rings is 1. The summed E-state index contributed by atoms with van der Waals surface area (Å²) in [6.07, 6.45) is 4.46. The van der Waals surface area contributed by atoms with Crippen LogP contribution in [0.3, 0.4) is 0 Å². The van der Waals surface area contributed by atoms with Gasteiger partial charge in [-0.15, -0.1) is 0 Å². The van der Waals surface area contributed by atoms with Crippen molar-refractivity contribution in [3.63, 3.8) is 0 Å². The Morgan fingerprint density at radius 2 is 1.81 bits per heavy atom. The van der Waals surface area contributed by atoms with Crippen LogP contribution in [0.25, 0.3) is 0 Å². The number of hydrogen-bond donors (Lipinski definition) is 0. The predicted molar refractivity (Wildman–Crippen MR) is 115 cm³/mol. The van der Waals surface area contributed by atoms with Gasteiger partial charge in [-0.2, -0.15) is 0 Å². The molecule has 1 unspecified atom stereocenters. The maximum absolute atomic E-state index is 13.5. The molecular weight excluding hydrogens is 392 g/mol. The monoisotopic (exact) mass is 418 g/mol. The van der Waals surface area contributed by atoms with Crippen LogP contribution in [0.2, 0.25) is 0 Å². The highest BCUT2D eigenvalue weighted by atomic mass is 16.5. The molecule has 160 valence electrons. The topological polar surface area (TPSA) is 79.5 Å². The van der Waals surface area contributed by atoms with Gasteiger partial charge in [-0.05, 0) is 37.0 Å². The maximum Gasteiger partial charge on any atom is 0.292 e. The highest BCUT2D eigenvalue weighted by Crippen LogP contribution is 2.31. The molecule has 31 heavy (non-hydrogen) atoms. The molecule has 2 aromatic heterocycles. The largest absolute Gasteiger partial charge is 0.351 e. The highest BCUT2D eigenvalue weighted by molar-refractivity contribution is 5.91. The minimum absolute atomic E-state index is 0.0747. The van der Waals surface area contributed by atoms with E-state index >= 15 is 0 Å². The van der Waals surface area contributed by atoms with Crippen LogP contribution in [0.4, 0.5) is 0 Å². The van der Waals surface area contributed by atoms with Crippen LogP contribution in [0.5, 0.6) is 0 Å². The number of aromatic nitrogens is 2. The minimum atomic E-state index is -0.260. The fraction of sp³-hybridized carbons (Fsp3) is 0.333. The molecule has 3 heterocycles. The summed E-state index contributed by atoms with van der Waals surface area (Å²) in [5, 5.41) is 3.60. The Bertz CT molecular complexity index is 1030. The number of likely N-dealkylation sites (tertiary alicyclic amines) is 1. The molecule has 0 saturated carbocycles. The maximum atomic E-state index is 13.5. The zero-order valence-corrected chi connectivity index (χ0v) is 17.8. The molecule has 7 heteroatoms. The molecule has 1 aliphatic rings. The van der Waals surface area contributed by atoms with Gasteiger partial charge in [0.05, 0.1) is 17.9 Å². The van der Waals surface area contributed by atoms with E-state index in [1.54, 1.807) is 17.2 Å². The van der Waals surface area contributed by atoms with Gasteiger partial charge in [0.2, 0.25) is 11.7 Å². The van der Waals surface area contributed by atoms with Gasteiger partial charge in [-0.25, -0.2) is 0 Å². The second kappa shape index (κ2) is 9.12. The second-order valence-electron chi connectivity index (χ2n) is 7.91. The van der Waals surface area contributed by atoms with Crippen molar-refractivity contribution in [1.82, 2.24) is 19.9 Å². The number of aryl methyl sites for hydroxylation is 1. The fourth-order valence-electron chi connectivity index (χ4n) is 4.21. The molecule has 0 radical (unpaired) electrons. The molecule has 1 atom stereocenters. The summed E-state index contributed by atoms with van der Waals surface area (Å²) in [6, 6.07) is 15.2. The van der Waals surface area contributed by atoms with E-state index in [1.807, 2.05) is 61.3 Å². The van der Waals surface area contributed by atoms with E-state index in [0.717, 1.165) is 16.8 Å². The zero-order valence-electron chi connectivity index (χ0n) is 17.8. The summed E-state index contributed by atoms with van der Waals surface area (Å²) in [5.41, 5.74) is 2.95. The number of carbonyl (C=O) groups excluding carboxylic acids is 2. The Labute approximate surface area is 181 Å². The summed E-state index contributed by atoms with van der Waals surface area (Å²) in [5.74, 6) is -0.00985. The van der Waals surface area contributed by atoms with E-state index in [9.17, 15) is 9.59 Å². The molecule has 7 nitrogen and oxygen atoms in total. The first-order chi connectivity index (χ1) is 15.1. The van der Waals surface area contributed by atoms with Crippen molar-refractivity contribution in [1.29, 1.82) is 0 Å². The standard InChI is InChI=1S/C24H26N4O3/c1-17-7-6-13-25-21(17)22(18-8-4-3-5-9-18)27(2)23(29)19-11-15-28(16-12-19)24(30)20-10-14-26-31-20/h3-10,13-14,19,22H,11-12,15-16H2,1-2H3. The molecule has 3 aromatic rings. The zero-order chi connectivity index (χ0) is 21.8. The van der Waals surface area contributed by atoms with Crippen LogP contribution in [0.1, 0.15) is 46.3 Å². The normalized spacial score (nSPS) is 15.5. The summed E-state index contributed by atoms with van der Waals surface area (Å²) >= 11 is 0. The van der Waals surface area contributed by atoms with Gasteiger partial charge in [0, 0.05) is 38.3 Å². The van der Waals surface area contributed by atoms with Crippen molar-refractivity contribution in [2.75, 3.05) is 20.1 Å². The van der Waals surface area contributed by atoms with E-state index < -0.39 is 0 Å². The number of benzene rings is 1. The Kier molecular flexibility index (Phi) is 6.11. The Morgan fingerprint density at radius 1 is 1.06 bits per heavy atom. The second-order valence-corrected chi connectivity index (χ2v) is 7.91. The molecular formula is C24H26N4O3. The number of amides is 2. The third-order valence-corrected chi connectivity index (χ3v) is 5.94. The smallest absolute Gasteiger partial charge is 0.292 e. The van der Waals surface area contributed by atoms with Crippen LogP contribution in [0.15, 0.2) is 65.4 Å². The molecule has 0 spiro atoms. The van der Waals surface area contributed by atoms with E-state index in [0.29, 0.717) is 25.9 Å². The van der Waals surface area contributed by atoms with E-state index in [1.165, 1.54) is 6.20 Å². The number of rotatable bonds is 5. The van der Waals surface area contributed by atoms with E-state index in [-0.39, 0.29) is 29.5 Å². The van der Waals surface area contributed by atoms with Crippen molar-refractivity contribution >= 4 is 11.8 Å². The van der Waals surface area contributed by atoms with Gasteiger partial charge in [-0.1, -0.05) is 41.6 Å². The van der Waals surface area contributed by atoms with Crippen LogP contribution < -0.4 is 0 Å². The molecule has 0 N–H and O–H groups in total. The lowest BCUT2D eigenvalue weighted by Crippen LogP contribution is -2.44. The van der Waals surface area contributed by atoms with Crippen LogP contribution in [-0.2, 0) is 4.79 Å². The number of nitrogens with zero attached hydrogens (tertiary/aromatic N) is 4. The van der Waals surface area contributed by atoms with Gasteiger partial charge in [0.25, 0.3) is 5.91 Å². The molecule has 0 bridgehead atoms. The average molecular weight is 418 g/mol. The van der Waals surface area contributed by atoms with Crippen molar-refractivity contribution in [2.45, 2.75) is 25.8 Å². The average Bonchev–Trinajstić information content (AvgIpc) is 3.35. The molecule has 0 aliphatic carbocycles. The quantitative estimate of drug-likeness (QED) is 0.634. The molecule has 1 fully saturated rings. The summed E-state index contributed by atoms with van der Waals surface area (Å²) in [4.78, 5) is 34.1. The predicted octanol–water partition coefficient (Wildman–Crippen LogP) is 3.48. The third-order valence-electron chi connectivity index (χ3n) is 5.94. The lowest BCUT2D eigenvalue weighted by atomic mass is 9.92. The van der Waals surface area contributed by atoms with Gasteiger partial charge in [0.1, 0.15) is 0 Å². The first kappa shape index (κ1) is 20.8. The van der Waals surface area contributed by atoms with Crippen LogP contribution in [-0.4, -0.2) is 51.9 Å². The SMILES string of the molecule is Cc1cccnc1C(c1ccccc1)N(C)C(=O)C1CCN(C(=O)c2ccno2)CC1. The Hall–Kier alpha value is -3.48. The molecule has 2 amide bonds. The van der Waals surface area contributed by atoms with E-state index in [2.05, 4.69) is 10.1 Å². The molecule has 1 aliphatic heterocycles. The van der Waals surface area contributed by atoms with Crippen molar-refractivity contribution < 1.29 is 14.1 Å². The number of hydrogen-bond acceptors (Lipinski definition) is 5.